The summed E-state index contributed by atoms with van der Waals surface area (Å²) in [7, 11) is 1.56. The molecule has 1 aromatic heterocycles. The Hall–Kier alpha value is -1.63. The molecular formula is C18H19Cl2N3O2S. The van der Waals surface area contributed by atoms with E-state index in [1.54, 1.807) is 25.4 Å². The van der Waals surface area contributed by atoms with Crippen molar-refractivity contribution in [3.8, 4) is 0 Å². The van der Waals surface area contributed by atoms with E-state index in [1.165, 1.54) is 11.3 Å². The number of rotatable bonds is 6. The molecule has 0 radical (unpaired) electrons. The van der Waals surface area contributed by atoms with Crippen LogP contribution in [0.25, 0.3) is 0 Å². The summed E-state index contributed by atoms with van der Waals surface area (Å²) in [6.07, 6.45) is 5.11. The van der Waals surface area contributed by atoms with Gasteiger partial charge in [-0.25, -0.2) is 4.98 Å². The van der Waals surface area contributed by atoms with Gasteiger partial charge in [0, 0.05) is 11.6 Å². The molecular weight excluding hydrogens is 393 g/mol. The van der Waals surface area contributed by atoms with E-state index in [0.717, 1.165) is 30.5 Å². The van der Waals surface area contributed by atoms with E-state index in [-0.39, 0.29) is 11.8 Å². The van der Waals surface area contributed by atoms with Crippen molar-refractivity contribution in [3.05, 3.63) is 45.4 Å². The highest BCUT2D eigenvalue weighted by Crippen LogP contribution is 2.36. The fraction of sp³-hybridized carbons (Fsp3) is 0.389. The number of hydrogen-bond acceptors (Lipinski definition) is 5. The number of aromatic nitrogens is 1. The molecule has 5 nitrogen and oxygen atoms in total. The van der Waals surface area contributed by atoms with Gasteiger partial charge in [0.15, 0.2) is 5.13 Å². The van der Waals surface area contributed by atoms with Gasteiger partial charge < -0.3 is 10.2 Å². The fourth-order valence-corrected chi connectivity index (χ4v) is 4.09. The minimum atomic E-state index is -0.333. The summed E-state index contributed by atoms with van der Waals surface area (Å²) in [4.78, 5) is 21.9. The SMILES string of the molecule is CON=C1CCC(CC(C(=O)Nc2nccs2)c2ccc(Cl)c(Cl)c2)C1. The van der Waals surface area contributed by atoms with Crippen LogP contribution in [-0.4, -0.2) is 23.7 Å². The third-order valence-corrected chi connectivity index (χ3v) is 5.91. The Kier molecular flexibility index (Phi) is 6.51. The lowest BCUT2D eigenvalue weighted by Gasteiger charge is -2.20. The first-order valence-electron chi connectivity index (χ1n) is 8.31. The summed E-state index contributed by atoms with van der Waals surface area (Å²) in [6, 6.07) is 5.36. The number of halogens is 2. The molecule has 1 heterocycles. The third-order valence-electron chi connectivity index (χ3n) is 4.48. The van der Waals surface area contributed by atoms with E-state index in [2.05, 4.69) is 15.5 Å². The maximum absolute atomic E-state index is 12.9. The Morgan fingerprint density at radius 2 is 2.31 bits per heavy atom. The molecule has 0 saturated heterocycles. The average molecular weight is 412 g/mol. The summed E-state index contributed by atoms with van der Waals surface area (Å²) in [6.45, 7) is 0. The van der Waals surface area contributed by atoms with E-state index < -0.39 is 0 Å². The maximum Gasteiger partial charge on any atom is 0.233 e. The topological polar surface area (TPSA) is 63.6 Å². The molecule has 138 valence electrons. The summed E-state index contributed by atoms with van der Waals surface area (Å²) in [5.74, 6) is -0.0542. The van der Waals surface area contributed by atoms with Crippen LogP contribution in [0.4, 0.5) is 5.13 Å². The van der Waals surface area contributed by atoms with Crippen molar-refractivity contribution in [3.63, 3.8) is 0 Å². The second-order valence-corrected chi connectivity index (χ2v) is 7.95. The first-order valence-corrected chi connectivity index (χ1v) is 9.94. The molecule has 1 aliphatic carbocycles. The highest BCUT2D eigenvalue weighted by atomic mass is 35.5. The zero-order valence-electron chi connectivity index (χ0n) is 14.2. The van der Waals surface area contributed by atoms with Crippen molar-refractivity contribution in [2.24, 2.45) is 11.1 Å². The smallest absolute Gasteiger partial charge is 0.233 e. The molecule has 1 aromatic carbocycles. The molecule has 0 spiro atoms. The minimum absolute atomic E-state index is 0.0875. The van der Waals surface area contributed by atoms with Crippen molar-refractivity contribution < 1.29 is 9.63 Å². The van der Waals surface area contributed by atoms with Gasteiger partial charge in [0.2, 0.25) is 5.91 Å². The summed E-state index contributed by atoms with van der Waals surface area (Å²) in [5.41, 5.74) is 1.90. The Bertz CT molecular complexity index is 796. The number of thiazole rings is 1. The average Bonchev–Trinajstić information content (AvgIpc) is 3.27. The molecule has 1 amide bonds. The number of nitrogens with one attached hydrogen (secondary N) is 1. The second kappa shape index (κ2) is 8.84. The van der Waals surface area contributed by atoms with Crippen LogP contribution in [-0.2, 0) is 9.63 Å². The highest BCUT2D eigenvalue weighted by molar-refractivity contribution is 7.13. The van der Waals surface area contributed by atoms with Crippen molar-refractivity contribution in [2.45, 2.75) is 31.6 Å². The van der Waals surface area contributed by atoms with Crippen LogP contribution in [0.5, 0.6) is 0 Å². The minimum Gasteiger partial charge on any atom is -0.399 e. The zero-order valence-corrected chi connectivity index (χ0v) is 16.6. The summed E-state index contributed by atoms with van der Waals surface area (Å²) >= 11 is 13.6. The summed E-state index contributed by atoms with van der Waals surface area (Å²) < 4.78 is 0. The predicted molar refractivity (Wildman–Crippen MR) is 106 cm³/mol. The molecule has 2 atom stereocenters. The van der Waals surface area contributed by atoms with Gasteiger partial charge in [-0.05, 0) is 49.3 Å². The Balaban J connectivity index is 1.80. The Morgan fingerprint density at radius 1 is 1.46 bits per heavy atom. The molecule has 0 bridgehead atoms. The summed E-state index contributed by atoms with van der Waals surface area (Å²) in [5, 5.41) is 10.3. The number of anilines is 1. The molecule has 8 heteroatoms. The van der Waals surface area contributed by atoms with Crippen LogP contribution in [0, 0.1) is 5.92 Å². The first kappa shape index (κ1) is 19.1. The number of carbonyl (C=O) groups is 1. The van der Waals surface area contributed by atoms with Crippen LogP contribution in [0.1, 0.15) is 37.2 Å². The van der Waals surface area contributed by atoms with Gasteiger partial charge in [-0.1, -0.05) is 34.4 Å². The van der Waals surface area contributed by atoms with E-state index in [9.17, 15) is 4.79 Å². The van der Waals surface area contributed by atoms with Crippen molar-refractivity contribution in [2.75, 3.05) is 12.4 Å². The largest absolute Gasteiger partial charge is 0.399 e. The standard InChI is InChI=1S/C18H19Cl2N3O2S/c1-25-23-13-4-2-11(8-13)9-14(12-3-5-15(19)16(20)10-12)17(24)22-18-21-6-7-26-18/h3,5-7,10-11,14H,2,4,8-9H2,1H3,(H,21,22,24). The lowest BCUT2D eigenvalue weighted by Crippen LogP contribution is -2.23. The molecule has 26 heavy (non-hydrogen) atoms. The van der Waals surface area contributed by atoms with Gasteiger partial charge >= 0.3 is 0 Å². The van der Waals surface area contributed by atoms with Gasteiger partial charge in [0.05, 0.1) is 21.7 Å². The molecule has 1 aliphatic rings. The van der Waals surface area contributed by atoms with E-state index in [0.29, 0.717) is 27.5 Å². The van der Waals surface area contributed by atoms with Crippen molar-refractivity contribution in [1.29, 1.82) is 0 Å². The van der Waals surface area contributed by atoms with Gasteiger partial charge in [-0.3, -0.25) is 4.79 Å². The Labute approximate surface area is 166 Å². The molecule has 1 N–H and O–H groups in total. The van der Waals surface area contributed by atoms with Gasteiger partial charge in [0.25, 0.3) is 0 Å². The first-order chi connectivity index (χ1) is 12.6. The third kappa shape index (κ3) is 4.75. The van der Waals surface area contributed by atoms with Gasteiger partial charge in [-0.2, -0.15) is 0 Å². The number of carbonyl (C=O) groups excluding carboxylic acids is 1. The highest BCUT2D eigenvalue weighted by Gasteiger charge is 2.29. The lowest BCUT2D eigenvalue weighted by molar-refractivity contribution is -0.118. The number of hydrogen-bond donors (Lipinski definition) is 1. The predicted octanol–water partition coefficient (Wildman–Crippen LogP) is 5.36. The molecule has 3 rings (SSSR count). The normalized spacial score (nSPS) is 19.5. The van der Waals surface area contributed by atoms with Crippen LogP contribution < -0.4 is 5.32 Å². The molecule has 2 unspecified atom stereocenters. The van der Waals surface area contributed by atoms with E-state index >= 15 is 0 Å². The van der Waals surface area contributed by atoms with E-state index in [4.69, 9.17) is 28.0 Å². The number of benzene rings is 1. The fourth-order valence-electron chi connectivity index (χ4n) is 3.26. The number of nitrogens with zero attached hydrogens (tertiary/aromatic N) is 2. The lowest BCUT2D eigenvalue weighted by atomic mass is 9.87. The number of amides is 1. The van der Waals surface area contributed by atoms with E-state index in [1.807, 2.05) is 11.4 Å². The van der Waals surface area contributed by atoms with Crippen molar-refractivity contribution in [1.82, 2.24) is 4.98 Å². The Morgan fingerprint density at radius 3 is 3.00 bits per heavy atom. The van der Waals surface area contributed by atoms with Gasteiger partial charge in [-0.15, -0.1) is 11.3 Å². The van der Waals surface area contributed by atoms with Gasteiger partial charge in [0.1, 0.15) is 7.11 Å². The monoisotopic (exact) mass is 411 g/mol. The molecule has 1 saturated carbocycles. The second-order valence-electron chi connectivity index (χ2n) is 6.24. The van der Waals surface area contributed by atoms with Crippen LogP contribution in [0.3, 0.4) is 0 Å². The van der Waals surface area contributed by atoms with Crippen LogP contribution >= 0.6 is 34.5 Å². The zero-order chi connectivity index (χ0) is 18.5. The van der Waals surface area contributed by atoms with Crippen LogP contribution in [0.2, 0.25) is 10.0 Å². The van der Waals surface area contributed by atoms with Crippen molar-refractivity contribution >= 4 is 51.3 Å². The molecule has 2 aromatic rings. The molecule has 1 fully saturated rings. The molecule has 0 aliphatic heterocycles. The quantitative estimate of drug-likeness (QED) is 0.650. The number of oxime groups is 1. The van der Waals surface area contributed by atoms with Crippen LogP contribution in [0.15, 0.2) is 34.9 Å². The maximum atomic E-state index is 12.9.